The Morgan fingerprint density at radius 2 is 1.57 bits per heavy atom. The Kier molecular flexibility index (Phi) is 8.66. The molecule has 0 amide bonds. The van der Waals surface area contributed by atoms with Gasteiger partial charge >= 0.3 is 17.9 Å². The van der Waals surface area contributed by atoms with Gasteiger partial charge in [0.05, 0.1) is 26.7 Å². The third-order valence-electron chi connectivity index (χ3n) is 3.45. The molecule has 1 atom stereocenters. The molecule has 0 heterocycles. The third kappa shape index (κ3) is 5.02. The summed E-state index contributed by atoms with van der Waals surface area (Å²) in [6, 6.07) is 0. The van der Waals surface area contributed by atoms with E-state index in [9.17, 15) is 14.4 Å². The van der Waals surface area contributed by atoms with E-state index in [0.29, 0.717) is 6.42 Å². The van der Waals surface area contributed by atoms with Crippen LogP contribution < -0.4 is 0 Å². The van der Waals surface area contributed by atoms with Crippen molar-refractivity contribution in [3.8, 4) is 0 Å². The summed E-state index contributed by atoms with van der Waals surface area (Å²) in [6.07, 6.45) is 1.76. The molecular weight excluding hydrogens is 276 g/mol. The highest BCUT2D eigenvalue weighted by Crippen LogP contribution is 2.36. The number of methoxy groups -OCH3 is 2. The van der Waals surface area contributed by atoms with Crippen LogP contribution in [0.4, 0.5) is 0 Å². The zero-order valence-corrected chi connectivity index (χ0v) is 13.6. The van der Waals surface area contributed by atoms with Crippen LogP contribution in [0.2, 0.25) is 0 Å². The van der Waals surface area contributed by atoms with Gasteiger partial charge in [0.15, 0.2) is 5.41 Å². The molecule has 0 aromatic carbocycles. The van der Waals surface area contributed by atoms with Crippen LogP contribution in [0.25, 0.3) is 0 Å². The smallest absolute Gasteiger partial charge is 0.323 e. The van der Waals surface area contributed by atoms with Crippen molar-refractivity contribution < 1.29 is 28.6 Å². The molecule has 0 aliphatic carbocycles. The number of hydrogen-bond acceptors (Lipinski definition) is 6. The lowest BCUT2D eigenvalue weighted by Crippen LogP contribution is -2.43. The first-order chi connectivity index (χ1) is 9.89. The first-order valence-electron chi connectivity index (χ1n) is 7.23. The second-order valence-electron chi connectivity index (χ2n) is 5.03. The summed E-state index contributed by atoms with van der Waals surface area (Å²) >= 11 is 0. The Morgan fingerprint density at radius 3 is 1.95 bits per heavy atom. The minimum absolute atomic E-state index is 0.0190. The van der Waals surface area contributed by atoms with Gasteiger partial charge in [-0.15, -0.1) is 0 Å². The molecule has 0 aliphatic rings. The largest absolute Gasteiger partial charge is 0.468 e. The van der Waals surface area contributed by atoms with Crippen molar-refractivity contribution in [2.24, 2.45) is 11.3 Å². The zero-order chi connectivity index (χ0) is 16.5. The first kappa shape index (κ1) is 19.4. The molecule has 1 unspecified atom stereocenters. The quantitative estimate of drug-likeness (QED) is 0.369. The van der Waals surface area contributed by atoms with Crippen LogP contribution >= 0.6 is 0 Å². The van der Waals surface area contributed by atoms with E-state index in [1.807, 2.05) is 6.92 Å². The van der Waals surface area contributed by atoms with Crippen LogP contribution in [-0.2, 0) is 28.6 Å². The van der Waals surface area contributed by atoms with E-state index < -0.39 is 29.2 Å². The van der Waals surface area contributed by atoms with Crippen LogP contribution in [0.5, 0.6) is 0 Å². The van der Waals surface area contributed by atoms with Crippen molar-refractivity contribution in [3.63, 3.8) is 0 Å². The van der Waals surface area contributed by atoms with Crippen molar-refractivity contribution in [2.75, 3.05) is 20.8 Å². The first-order valence-corrected chi connectivity index (χ1v) is 7.23. The molecule has 0 fully saturated rings. The van der Waals surface area contributed by atoms with Crippen LogP contribution in [0.15, 0.2) is 0 Å². The average Bonchev–Trinajstić information content (AvgIpc) is 2.49. The third-order valence-corrected chi connectivity index (χ3v) is 3.45. The van der Waals surface area contributed by atoms with E-state index in [1.165, 1.54) is 14.2 Å². The molecule has 6 heteroatoms. The molecule has 0 aliphatic heterocycles. The summed E-state index contributed by atoms with van der Waals surface area (Å²) in [6.45, 7) is 5.54. The molecule has 0 bridgehead atoms. The Hall–Kier alpha value is -1.59. The maximum absolute atomic E-state index is 12.2. The van der Waals surface area contributed by atoms with Gasteiger partial charge in [0.1, 0.15) is 0 Å². The van der Waals surface area contributed by atoms with E-state index >= 15 is 0 Å². The molecule has 0 aromatic rings. The Labute approximate surface area is 126 Å². The second kappa shape index (κ2) is 9.37. The van der Waals surface area contributed by atoms with E-state index in [2.05, 4.69) is 0 Å². The van der Waals surface area contributed by atoms with E-state index in [-0.39, 0.29) is 19.4 Å². The van der Waals surface area contributed by atoms with Crippen molar-refractivity contribution in [1.82, 2.24) is 0 Å². The van der Waals surface area contributed by atoms with Crippen molar-refractivity contribution in [3.05, 3.63) is 0 Å². The molecule has 21 heavy (non-hydrogen) atoms. The van der Waals surface area contributed by atoms with Crippen molar-refractivity contribution in [1.29, 1.82) is 0 Å². The van der Waals surface area contributed by atoms with Crippen LogP contribution in [-0.4, -0.2) is 38.7 Å². The molecule has 0 N–H and O–H groups in total. The van der Waals surface area contributed by atoms with Gasteiger partial charge in [0.2, 0.25) is 0 Å². The zero-order valence-electron chi connectivity index (χ0n) is 13.6. The number of carbonyl (C=O) groups is 3. The fourth-order valence-electron chi connectivity index (χ4n) is 2.32. The van der Waals surface area contributed by atoms with Gasteiger partial charge in [-0.25, -0.2) is 0 Å². The Bertz CT molecular complexity index is 347. The van der Waals surface area contributed by atoms with Crippen LogP contribution in [0.1, 0.15) is 46.5 Å². The summed E-state index contributed by atoms with van der Waals surface area (Å²) in [5.74, 6) is -2.37. The topological polar surface area (TPSA) is 78.9 Å². The SMILES string of the molecule is CCCCC(CC(C)C(=O)OCC)(C(=O)OC)C(=O)OC. The van der Waals surface area contributed by atoms with Crippen LogP contribution in [0.3, 0.4) is 0 Å². The number of hydrogen-bond donors (Lipinski definition) is 0. The molecule has 0 aromatic heterocycles. The standard InChI is InChI=1S/C15H26O6/c1-6-8-9-15(13(17)19-4,14(18)20-5)10-11(3)12(16)21-7-2/h11H,6-10H2,1-5H3. The summed E-state index contributed by atoms with van der Waals surface area (Å²) in [5.41, 5.74) is -1.45. The highest BCUT2D eigenvalue weighted by molar-refractivity contribution is 6.00. The lowest BCUT2D eigenvalue weighted by atomic mass is 9.75. The Balaban J connectivity index is 5.38. The second-order valence-corrected chi connectivity index (χ2v) is 5.03. The average molecular weight is 302 g/mol. The monoisotopic (exact) mass is 302 g/mol. The maximum atomic E-state index is 12.2. The molecule has 0 rings (SSSR count). The summed E-state index contributed by atoms with van der Waals surface area (Å²) in [4.78, 5) is 36.2. The summed E-state index contributed by atoms with van der Waals surface area (Å²) in [7, 11) is 2.45. The summed E-state index contributed by atoms with van der Waals surface area (Å²) < 4.78 is 14.5. The minimum atomic E-state index is -1.45. The number of rotatable bonds is 9. The summed E-state index contributed by atoms with van der Waals surface area (Å²) in [5, 5.41) is 0. The lowest BCUT2D eigenvalue weighted by molar-refractivity contribution is -0.172. The molecular formula is C15H26O6. The maximum Gasteiger partial charge on any atom is 0.323 e. The van der Waals surface area contributed by atoms with Gasteiger partial charge in [0, 0.05) is 0 Å². The number of unbranched alkanes of at least 4 members (excludes halogenated alkanes) is 1. The van der Waals surface area contributed by atoms with Gasteiger partial charge in [-0.1, -0.05) is 26.7 Å². The highest BCUT2D eigenvalue weighted by Gasteiger charge is 2.49. The van der Waals surface area contributed by atoms with Crippen molar-refractivity contribution >= 4 is 17.9 Å². The molecule has 0 spiro atoms. The molecule has 0 radical (unpaired) electrons. The number of ether oxygens (including phenoxy) is 3. The lowest BCUT2D eigenvalue weighted by Gasteiger charge is -2.30. The van der Waals surface area contributed by atoms with E-state index in [0.717, 1.165) is 6.42 Å². The van der Waals surface area contributed by atoms with Crippen molar-refractivity contribution in [2.45, 2.75) is 46.5 Å². The van der Waals surface area contributed by atoms with Gasteiger partial charge in [-0.05, 0) is 19.8 Å². The van der Waals surface area contributed by atoms with E-state index in [4.69, 9.17) is 14.2 Å². The van der Waals surface area contributed by atoms with Gasteiger partial charge < -0.3 is 14.2 Å². The molecule has 122 valence electrons. The van der Waals surface area contributed by atoms with Gasteiger partial charge in [-0.2, -0.15) is 0 Å². The number of esters is 3. The predicted molar refractivity (Wildman–Crippen MR) is 76.4 cm³/mol. The van der Waals surface area contributed by atoms with Crippen LogP contribution in [0, 0.1) is 11.3 Å². The fourth-order valence-corrected chi connectivity index (χ4v) is 2.32. The highest BCUT2D eigenvalue weighted by atomic mass is 16.5. The molecule has 6 nitrogen and oxygen atoms in total. The van der Waals surface area contributed by atoms with Gasteiger partial charge in [-0.3, -0.25) is 14.4 Å². The molecule has 0 saturated carbocycles. The minimum Gasteiger partial charge on any atom is -0.468 e. The van der Waals surface area contributed by atoms with E-state index in [1.54, 1.807) is 13.8 Å². The normalized spacial score (nSPS) is 12.4. The predicted octanol–water partition coefficient (Wildman–Crippen LogP) is 2.10. The Morgan fingerprint density at radius 1 is 1.05 bits per heavy atom. The fraction of sp³-hybridized carbons (Fsp3) is 0.800. The molecule has 0 saturated heterocycles. The van der Waals surface area contributed by atoms with Gasteiger partial charge in [0.25, 0.3) is 0 Å². The number of carbonyl (C=O) groups excluding carboxylic acids is 3.